The normalized spacial score (nSPS) is 14.8. The number of carbonyl (C=O) groups excluding carboxylic acids is 3. The summed E-state index contributed by atoms with van der Waals surface area (Å²) in [7, 11) is 0. The second kappa shape index (κ2) is 14.0. The molecule has 8 N–H and O–H groups in total. The van der Waals surface area contributed by atoms with Gasteiger partial charge in [-0.25, -0.2) is 4.79 Å². The molecular weight excluding hydrogens is 492 g/mol. The minimum atomic E-state index is -1.31. The first-order valence-corrected chi connectivity index (χ1v) is 12.4. The van der Waals surface area contributed by atoms with Gasteiger partial charge in [-0.2, -0.15) is 0 Å². The molecule has 0 saturated heterocycles. The van der Waals surface area contributed by atoms with Crippen LogP contribution in [0.1, 0.15) is 38.3 Å². The van der Waals surface area contributed by atoms with Crippen LogP contribution in [0.2, 0.25) is 0 Å². The van der Waals surface area contributed by atoms with E-state index in [1.54, 1.807) is 24.3 Å². The van der Waals surface area contributed by atoms with Gasteiger partial charge < -0.3 is 37.0 Å². The van der Waals surface area contributed by atoms with Crippen molar-refractivity contribution in [3.05, 3.63) is 59.7 Å². The molecule has 0 aliphatic carbocycles. The van der Waals surface area contributed by atoms with Gasteiger partial charge >= 0.3 is 5.97 Å². The number of benzene rings is 2. The summed E-state index contributed by atoms with van der Waals surface area (Å²) >= 11 is 0. The maximum Gasteiger partial charge on any atom is 0.326 e. The molecule has 0 spiro atoms. The average molecular weight is 529 g/mol. The van der Waals surface area contributed by atoms with E-state index in [1.807, 2.05) is 13.8 Å². The van der Waals surface area contributed by atoms with E-state index >= 15 is 0 Å². The molecule has 2 aromatic carbocycles. The molecule has 38 heavy (non-hydrogen) atoms. The van der Waals surface area contributed by atoms with Gasteiger partial charge in [-0.3, -0.25) is 14.4 Å². The SMILES string of the molecule is CCC(C)C(N)C(=O)NC(C)C(=O)NC(Cc1ccc(O)cc1)C(=O)NC(Cc1ccc(O)cc1)C(=O)O. The Bertz CT molecular complexity index is 1110. The molecule has 0 fully saturated rings. The van der Waals surface area contributed by atoms with Crippen molar-refractivity contribution < 1.29 is 34.5 Å². The fourth-order valence-electron chi connectivity index (χ4n) is 3.60. The number of carboxylic acid groups (broad SMARTS) is 1. The largest absolute Gasteiger partial charge is 0.508 e. The van der Waals surface area contributed by atoms with Gasteiger partial charge in [0, 0.05) is 12.8 Å². The first kappa shape index (κ1) is 30.1. The van der Waals surface area contributed by atoms with E-state index in [1.165, 1.54) is 31.2 Å². The molecule has 2 aromatic rings. The fourth-order valence-corrected chi connectivity index (χ4v) is 3.60. The van der Waals surface area contributed by atoms with Crippen LogP contribution in [-0.4, -0.2) is 63.2 Å². The van der Waals surface area contributed by atoms with E-state index < -0.39 is 47.9 Å². The summed E-state index contributed by atoms with van der Waals surface area (Å²) in [6.45, 7) is 5.17. The quantitative estimate of drug-likeness (QED) is 0.199. The Morgan fingerprint density at radius 1 is 0.737 bits per heavy atom. The number of carbonyl (C=O) groups is 4. The monoisotopic (exact) mass is 528 g/mol. The van der Waals surface area contributed by atoms with Crippen LogP contribution in [0.3, 0.4) is 0 Å². The lowest BCUT2D eigenvalue weighted by Gasteiger charge is -2.25. The first-order chi connectivity index (χ1) is 17.9. The smallest absolute Gasteiger partial charge is 0.326 e. The first-order valence-electron chi connectivity index (χ1n) is 12.4. The summed E-state index contributed by atoms with van der Waals surface area (Å²) < 4.78 is 0. The lowest BCUT2D eigenvalue weighted by Crippen LogP contribution is -2.57. The average Bonchev–Trinajstić information content (AvgIpc) is 2.88. The third-order valence-electron chi connectivity index (χ3n) is 6.31. The highest BCUT2D eigenvalue weighted by Crippen LogP contribution is 2.14. The number of hydrogen-bond donors (Lipinski definition) is 7. The minimum Gasteiger partial charge on any atom is -0.508 e. The molecule has 0 heterocycles. The Hall–Kier alpha value is -4.12. The molecule has 5 atom stereocenters. The second-order valence-corrected chi connectivity index (χ2v) is 9.34. The highest BCUT2D eigenvalue weighted by Gasteiger charge is 2.29. The maximum atomic E-state index is 13.2. The van der Waals surface area contributed by atoms with Gasteiger partial charge in [-0.05, 0) is 48.2 Å². The molecule has 11 nitrogen and oxygen atoms in total. The van der Waals surface area contributed by atoms with E-state index in [2.05, 4.69) is 16.0 Å². The topological polar surface area (TPSA) is 191 Å². The Balaban J connectivity index is 2.18. The Morgan fingerprint density at radius 2 is 1.18 bits per heavy atom. The van der Waals surface area contributed by atoms with E-state index in [0.717, 1.165) is 0 Å². The number of nitrogens with one attached hydrogen (secondary N) is 3. The van der Waals surface area contributed by atoms with Gasteiger partial charge in [0.1, 0.15) is 29.6 Å². The molecule has 0 aromatic heterocycles. The minimum absolute atomic E-state index is 0.00352. The molecule has 0 bridgehead atoms. The van der Waals surface area contributed by atoms with Crippen molar-refractivity contribution in [3.8, 4) is 11.5 Å². The van der Waals surface area contributed by atoms with Crippen LogP contribution in [0, 0.1) is 5.92 Å². The van der Waals surface area contributed by atoms with Crippen LogP contribution in [0.15, 0.2) is 48.5 Å². The van der Waals surface area contributed by atoms with E-state index in [0.29, 0.717) is 17.5 Å². The molecule has 5 unspecified atom stereocenters. The maximum absolute atomic E-state index is 13.2. The van der Waals surface area contributed by atoms with Gasteiger partial charge in [-0.15, -0.1) is 0 Å². The molecule has 0 aliphatic heterocycles. The zero-order valence-corrected chi connectivity index (χ0v) is 21.7. The lowest BCUT2D eigenvalue weighted by atomic mass is 9.99. The molecular formula is C27H36N4O7. The molecule has 0 saturated carbocycles. The number of phenols is 2. The van der Waals surface area contributed by atoms with Crippen molar-refractivity contribution in [2.24, 2.45) is 11.7 Å². The summed E-state index contributed by atoms with van der Waals surface area (Å²) in [5.74, 6) is -3.23. The van der Waals surface area contributed by atoms with Crippen molar-refractivity contribution in [3.63, 3.8) is 0 Å². The molecule has 3 amide bonds. The molecule has 206 valence electrons. The van der Waals surface area contributed by atoms with Crippen LogP contribution in [0.25, 0.3) is 0 Å². The van der Waals surface area contributed by atoms with Gasteiger partial charge in [0.05, 0.1) is 6.04 Å². The predicted molar refractivity (Wildman–Crippen MR) is 140 cm³/mol. The summed E-state index contributed by atoms with van der Waals surface area (Å²) in [6, 6.07) is 7.59. The molecule has 0 radical (unpaired) electrons. The summed E-state index contributed by atoms with van der Waals surface area (Å²) in [4.78, 5) is 50.4. The highest BCUT2D eigenvalue weighted by molar-refractivity contribution is 5.94. The van der Waals surface area contributed by atoms with Crippen molar-refractivity contribution in [1.29, 1.82) is 0 Å². The van der Waals surface area contributed by atoms with Crippen LogP contribution < -0.4 is 21.7 Å². The number of carboxylic acids is 1. The summed E-state index contributed by atoms with van der Waals surface area (Å²) in [5, 5.41) is 36.3. The van der Waals surface area contributed by atoms with Crippen molar-refractivity contribution in [1.82, 2.24) is 16.0 Å². The van der Waals surface area contributed by atoms with Crippen molar-refractivity contribution >= 4 is 23.7 Å². The van der Waals surface area contributed by atoms with Crippen LogP contribution in [-0.2, 0) is 32.0 Å². The third-order valence-corrected chi connectivity index (χ3v) is 6.31. The number of aromatic hydroxyl groups is 2. The van der Waals surface area contributed by atoms with Crippen molar-refractivity contribution in [2.75, 3.05) is 0 Å². The Labute approximate surface area is 221 Å². The summed E-state index contributed by atoms with van der Waals surface area (Å²) in [5.41, 5.74) is 7.11. The van der Waals surface area contributed by atoms with Crippen LogP contribution in [0.5, 0.6) is 11.5 Å². The second-order valence-electron chi connectivity index (χ2n) is 9.34. The van der Waals surface area contributed by atoms with Crippen LogP contribution >= 0.6 is 0 Å². The predicted octanol–water partition coefficient (Wildman–Crippen LogP) is 0.815. The standard InChI is InChI=1S/C27H36N4O7/c1-4-15(2)23(28)26(36)29-16(3)24(34)30-21(13-17-5-9-19(32)10-6-17)25(35)31-22(27(37)38)14-18-7-11-20(33)12-8-18/h5-12,15-16,21-23,32-33H,4,13-14,28H2,1-3H3,(H,29,36)(H,30,34)(H,31,35)(H,37,38). The summed E-state index contributed by atoms with van der Waals surface area (Å²) in [6.07, 6.45) is 0.622. The number of nitrogens with two attached hydrogens (primary N) is 1. The van der Waals surface area contributed by atoms with Crippen molar-refractivity contribution in [2.45, 2.75) is 64.2 Å². The zero-order valence-electron chi connectivity index (χ0n) is 21.7. The molecule has 11 heteroatoms. The lowest BCUT2D eigenvalue weighted by molar-refractivity contribution is -0.142. The zero-order chi connectivity index (χ0) is 28.4. The molecule has 0 aliphatic rings. The number of phenolic OH excluding ortho intramolecular Hbond substituents is 2. The van der Waals surface area contributed by atoms with E-state index in [-0.39, 0.29) is 30.3 Å². The van der Waals surface area contributed by atoms with Gasteiger partial charge in [-0.1, -0.05) is 44.5 Å². The Morgan fingerprint density at radius 3 is 1.63 bits per heavy atom. The van der Waals surface area contributed by atoms with E-state index in [9.17, 15) is 34.5 Å². The number of aliphatic carboxylic acids is 1. The van der Waals surface area contributed by atoms with Gasteiger partial charge in [0.2, 0.25) is 17.7 Å². The molecule has 2 rings (SSSR count). The number of rotatable bonds is 13. The van der Waals surface area contributed by atoms with E-state index in [4.69, 9.17) is 5.73 Å². The van der Waals surface area contributed by atoms with Crippen LogP contribution in [0.4, 0.5) is 0 Å². The Kier molecular flexibility index (Phi) is 11.1. The van der Waals surface area contributed by atoms with Gasteiger partial charge in [0.15, 0.2) is 0 Å². The third kappa shape index (κ3) is 9.07. The fraction of sp³-hybridized carbons (Fsp3) is 0.407. The van der Waals surface area contributed by atoms with Gasteiger partial charge in [0.25, 0.3) is 0 Å². The highest BCUT2D eigenvalue weighted by atomic mass is 16.4. The number of hydrogen-bond acceptors (Lipinski definition) is 7. The number of amides is 3.